The molecule has 0 bridgehead atoms. The molecule has 86 valence electrons. The molecule has 1 heterocycles. The van der Waals surface area contributed by atoms with E-state index < -0.39 is 29.8 Å². The van der Waals surface area contributed by atoms with Crippen molar-refractivity contribution in [2.75, 3.05) is 12.9 Å². The van der Waals surface area contributed by atoms with Gasteiger partial charge in [0.15, 0.2) is 0 Å². The van der Waals surface area contributed by atoms with Crippen molar-refractivity contribution in [2.45, 2.75) is 29.8 Å². The first kappa shape index (κ1) is 12.6. The molecule has 0 aliphatic carbocycles. The fourth-order valence-electron chi connectivity index (χ4n) is 1.46. The van der Waals surface area contributed by atoms with Crippen LogP contribution in [-0.4, -0.2) is 58.0 Å². The van der Waals surface area contributed by atoms with Crippen LogP contribution < -0.4 is 0 Å². The maximum atomic E-state index is 9.69. The zero-order valence-corrected chi connectivity index (χ0v) is 8.91. The molecule has 1 aliphatic rings. The van der Waals surface area contributed by atoms with E-state index in [2.05, 4.69) is 10.0 Å². The van der Waals surface area contributed by atoms with Gasteiger partial charge in [0.1, 0.15) is 17.6 Å². The average molecular weight is 235 g/mol. The van der Waals surface area contributed by atoms with Crippen LogP contribution in [0.25, 0.3) is 10.4 Å². The lowest BCUT2D eigenvalue weighted by Crippen LogP contribution is -2.56. The van der Waals surface area contributed by atoms with E-state index in [1.165, 1.54) is 11.8 Å². The average Bonchev–Trinajstić information content (AvgIpc) is 2.25. The van der Waals surface area contributed by atoms with Crippen molar-refractivity contribution >= 4 is 11.8 Å². The van der Waals surface area contributed by atoms with Crippen LogP contribution in [0, 0.1) is 0 Å². The highest BCUT2D eigenvalue weighted by Crippen LogP contribution is 2.28. The zero-order chi connectivity index (χ0) is 11.4. The second kappa shape index (κ2) is 5.55. The summed E-state index contributed by atoms with van der Waals surface area (Å²) in [6.45, 7) is -0.387. The molecule has 0 aromatic carbocycles. The maximum Gasteiger partial charge on any atom is 0.130 e. The molecule has 1 fully saturated rings. The highest BCUT2D eigenvalue weighted by molar-refractivity contribution is 7.99. The minimum Gasteiger partial charge on any atom is -0.394 e. The quantitative estimate of drug-likeness (QED) is 0.345. The number of aliphatic hydroxyl groups excluding tert-OH is 3. The Balaban J connectivity index is 2.85. The maximum absolute atomic E-state index is 9.69. The van der Waals surface area contributed by atoms with Crippen molar-refractivity contribution in [3.63, 3.8) is 0 Å². The van der Waals surface area contributed by atoms with Crippen LogP contribution in [0.1, 0.15) is 0 Å². The third-order valence-electron chi connectivity index (χ3n) is 2.27. The standard InChI is InChI=1S/C7H13N3O4S/c1-15-7-6(13)4(9-10-8)5(12)3(2-11)14-7/h3-7,11-13H,2H2,1H3/t3-,4-,5+,6-,7+/m1/s1. The van der Waals surface area contributed by atoms with Gasteiger partial charge < -0.3 is 20.1 Å². The molecule has 1 saturated heterocycles. The zero-order valence-electron chi connectivity index (χ0n) is 8.09. The second-order valence-electron chi connectivity index (χ2n) is 3.14. The van der Waals surface area contributed by atoms with E-state index in [-0.39, 0.29) is 6.61 Å². The summed E-state index contributed by atoms with van der Waals surface area (Å²) in [5.41, 5.74) is 7.69. The smallest absolute Gasteiger partial charge is 0.130 e. The second-order valence-corrected chi connectivity index (χ2v) is 4.07. The Morgan fingerprint density at radius 2 is 2.13 bits per heavy atom. The van der Waals surface area contributed by atoms with Crippen molar-refractivity contribution in [3.8, 4) is 0 Å². The molecule has 8 heteroatoms. The number of hydrogen-bond donors (Lipinski definition) is 3. The first-order chi connectivity index (χ1) is 7.15. The molecular formula is C7H13N3O4S. The summed E-state index contributed by atoms with van der Waals surface area (Å²) in [6, 6.07) is -0.988. The summed E-state index contributed by atoms with van der Waals surface area (Å²) in [5.74, 6) is 0. The summed E-state index contributed by atoms with van der Waals surface area (Å²) >= 11 is 1.23. The number of nitrogens with zero attached hydrogens (tertiary/aromatic N) is 3. The van der Waals surface area contributed by atoms with Crippen molar-refractivity contribution in [1.82, 2.24) is 0 Å². The number of azide groups is 1. The Bertz CT molecular complexity index is 245. The lowest BCUT2D eigenvalue weighted by molar-refractivity contribution is -0.159. The highest BCUT2D eigenvalue weighted by Gasteiger charge is 2.43. The minimum absolute atomic E-state index is 0.387. The molecule has 0 radical (unpaired) electrons. The molecule has 7 nitrogen and oxygen atoms in total. The lowest BCUT2D eigenvalue weighted by atomic mass is 9.98. The SMILES string of the molecule is CS[C@@H]1O[C@H](CO)[C@H](O)[C@@H](N=[N+]=[N-])[C@H]1O. The largest absolute Gasteiger partial charge is 0.394 e. The van der Waals surface area contributed by atoms with Crippen LogP contribution in [0.4, 0.5) is 0 Å². The fourth-order valence-corrected chi connectivity index (χ4v) is 2.15. The van der Waals surface area contributed by atoms with Gasteiger partial charge in [0.05, 0.1) is 18.8 Å². The van der Waals surface area contributed by atoms with Gasteiger partial charge in [0, 0.05) is 4.91 Å². The van der Waals surface area contributed by atoms with Crippen molar-refractivity contribution in [2.24, 2.45) is 5.11 Å². The van der Waals surface area contributed by atoms with Crippen LogP contribution in [0.15, 0.2) is 5.11 Å². The van der Waals surface area contributed by atoms with E-state index in [1.807, 2.05) is 0 Å². The molecule has 0 saturated carbocycles. The Morgan fingerprint density at radius 3 is 2.60 bits per heavy atom. The van der Waals surface area contributed by atoms with Crippen molar-refractivity contribution in [3.05, 3.63) is 10.4 Å². The van der Waals surface area contributed by atoms with E-state index in [0.717, 1.165) is 0 Å². The van der Waals surface area contributed by atoms with Gasteiger partial charge in [-0.15, -0.1) is 11.8 Å². The molecule has 0 unspecified atom stereocenters. The molecule has 0 aromatic rings. The molecule has 15 heavy (non-hydrogen) atoms. The Kier molecular flexibility index (Phi) is 4.65. The van der Waals surface area contributed by atoms with Crippen LogP contribution in [0.3, 0.4) is 0 Å². The molecule has 0 spiro atoms. The van der Waals surface area contributed by atoms with Gasteiger partial charge in [0.25, 0.3) is 0 Å². The first-order valence-electron chi connectivity index (χ1n) is 4.35. The van der Waals surface area contributed by atoms with Crippen LogP contribution in [0.5, 0.6) is 0 Å². The van der Waals surface area contributed by atoms with Crippen molar-refractivity contribution < 1.29 is 20.1 Å². The Morgan fingerprint density at radius 1 is 1.47 bits per heavy atom. The van der Waals surface area contributed by atoms with Gasteiger partial charge in [0.2, 0.25) is 0 Å². The fraction of sp³-hybridized carbons (Fsp3) is 1.00. The van der Waals surface area contributed by atoms with Gasteiger partial charge >= 0.3 is 0 Å². The van der Waals surface area contributed by atoms with Gasteiger partial charge in [-0.3, -0.25) is 0 Å². The van der Waals surface area contributed by atoms with Gasteiger partial charge in [-0.1, -0.05) is 5.11 Å². The van der Waals surface area contributed by atoms with Crippen LogP contribution in [0.2, 0.25) is 0 Å². The molecule has 5 atom stereocenters. The van der Waals surface area contributed by atoms with E-state index in [9.17, 15) is 10.2 Å². The van der Waals surface area contributed by atoms with Crippen molar-refractivity contribution in [1.29, 1.82) is 0 Å². The summed E-state index contributed by atoms with van der Waals surface area (Å²) in [6.07, 6.45) is -1.38. The molecule has 1 aliphatic heterocycles. The predicted octanol–water partition coefficient (Wildman–Crippen LogP) is -0.533. The Labute approximate surface area is 90.7 Å². The highest BCUT2D eigenvalue weighted by atomic mass is 32.2. The third kappa shape index (κ3) is 2.54. The van der Waals surface area contributed by atoms with Gasteiger partial charge in [-0.05, 0) is 11.8 Å². The molecular weight excluding hydrogens is 222 g/mol. The van der Waals surface area contributed by atoms with Gasteiger partial charge in [-0.25, -0.2) is 0 Å². The number of ether oxygens (including phenoxy) is 1. The van der Waals surface area contributed by atoms with E-state index in [4.69, 9.17) is 15.4 Å². The van der Waals surface area contributed by atoms with E-state index in [1.54, 1.807) is 6.26 Å². The lowest BCUT2D eigenvalue weighted by Gasteiger charge is -2.39. The molecule has 0 amide bonds. The summed E-state index contributed by atoms with van der Waals surface area (Å²) in [7, 11) is 0. The third-order valence-corrected chi connectivity index (χ3v) is 3.12. The number of rotatable bonds is 3. The van der Waals surface area contributed by atoms with E-state index in [0.29, 0.717) is 0 Å². The minimum atomic E-state index is -1.19. The molecule has 1 rings (SSSR count). The predicted molar refractivity (Wildman–Crippen MR) is 54.2 cm³/mol. The topological polar surface area (TPSA) is 119 Å². The first-order valence-corrected chi connectivity index (χ1v) is 5.64. The molecule has 0 aromatic heterocycles. The monoisotopic (exact) mass is 235 g/mol. The number of thioether (sulfide) groups is 1. The number of aliphatic hydroxyl groups is 3. The summed E-state index contributed by atoms with van der Waals surface area (Å²) in [5, 5.41) is 31.6. The number of hydrogen-bond acceptors (Lipinski definition) is 6. The van der Waals surface area contributed by atoms with Crippen LogP contribution in [-0.2, 0) is 4.74 Å². The molecule has 3 N–H and O–H groups in total. The van der Waals surface area contributed by atoms with Gasteiger partial charge in [-0.2, -0.15) is 0 Å². The summed E-state index contributed by atoms with van der Waals surface area (Å²) < 4.78 is 5.22. The normalized spacial score (nSPS) is 40.9. The summed E-state index contributed by atoms with van der Waals surface area (Å²) in [4.78, 5) is 2.56. The Hall–Kier alpha value is -0.500. The van der Waals surface area contributed by atoms with Crippen LogP contribution >= 0.6 is 11.8 Å². The van der Waals surface area contributed by atoms with E-state index >= 15 is 0 Å².